The van der Waals surface area contributed by atoms with E-state index in [0.717, 1.165) is 41.8 Å². The zero-order valence-electron chi connectivity index (χ0n) is 14.7. The Bertz CT molecular complexity index is 942. The number of fused-ring (bicyclic) bond motifs is 1. The first kappa shape index (κ1) is 15.7. The van der Waals surface area contributed by atoms with E-state index in [2.05, 4.69) is 25.3 Å². The van der Waals surface area contributed by atoms with Crippen molar-refractivity contribution < 1.29 is 4.79 Å². The van der Waals surface area contributed by atoms with Gasteiger partial charge in [-0.3, -0.25) is 14.6 Å². The summed E-state index contributed by atoms with van der Waals surface area (Å²) in [5, 5.41) is 12.2. The van der Waals surface area contributed by atoms with Crippen molar-refractivity contribution in [3.05, 3.63) is 35.2 Å². The van der Waals surface area contributed by atoms with Gasteiger partial charge in [0.2, 0.25) is 0 Å². The summed E-state index contributed by atoms with van der Waals surface area (Å²) in [6, 6.07) is 1.76. The number of carbonyl (C=O) groups excluding carboxylic acids is 1. The fourth-order valence-electron chi connectivity index (χ4n) is 3.52. The number of rotatable bonds is 2. The Morgan fingerprint density at radius 2 is 2.12 bits per heavy atom. The molecule has 4 heterocycles. The van der Waals surface area contributed by atoms with Crippen LogP contribution in [0.1, 0.15) is 53.0 Å². The average molecular weight is 339 g/mol. The summed E-state index contributed by atoms with van der Waals surface area (Å²) in [4.78, 5) is 24.2. The van der Waals surface area contributed by atoms with Gasteiger partial charge in [0.1, 0.15) is 5.82 Å². The van der Waals surface area contributed by atoms with E-state index in [0.29, 0.717) is 17.9 Å². The first-order chi connectivity index (χ1) is 12.0. The van der Waals surface area contributed by atoms with Gasteiger partial charge in [0.25, 0.3) is 5.91 Å². The number of hydrogen-bond donors (Lipinski definition) is 1. The molecule has 0 bridgehead atoms. The lowest BCUT2D eigenvalue weighted by Gasteiger charge is -2.34. The Labute approximate surface area is 145 Å². The van der Waals surface area contributed by atoms with Crippen molar-refractivity contribution >= 4 is 16.9 Å². The zero-order valence-corrected chi connectivity index (χ0v) is 14.7. The third-order valence-corrected chi connectivity index (χ3v) is 4.74. The van der Waals surface area contributed by atoms with E-state index in [1.807, 2.05) is 31.9 Å². The van der Waals surface area contributed by atoms with Crippen LogP contribution in [-0.4, -0.2) is 47.3 Å². The summed E-state index contributed by atoms with van der Waals surface area (Å²) >= 11 is 0. The summed E-state index contributed by atoms with van der Waals surface area (Å²) in [6.45, 7) is 4.48. The van der Waals surface area contributed by atoms with E-state index < -0.39 is 0 Å². The standard InChI is InChI=1S/C17H21N7O/c1-10-8-12(13-9-18-23(3)16(13)19-10)17(25)24-7-5-4-6-14(24)15-20-11(2)21-22-15/h8-9,14H,4-7H2,1-3H3,(H,20,21,22)/t14-/m1/s1. The van der Waals surface area contributed by atoms with Gasteiger partial charge in [-0.05, 0) is 39.2 Å². The minimum absolute atomic E-state index is 0.00402. The molecule has 1 atom stereocenters. The molecule has 0 aromatic carbocycles. The van der Waals surface area contributed by atoms with Gasteiger partial charge in [-0.15, -0.1) is 0 Å². The smallest absolute Gasteiger partial charge is 0.255 e. The summed E-state index contributed by atoms with van der Waals surface area (Å²) in [6.07, 6.45) is 4.65. The van der Waals surface area contributed by atoms with Crippen molar-refractivity contribution in [3.63, 3.8) is 0 Å². The van der Waals surface area contributed by atoms with Crippen molar-refractivity contribution in [3.8, 4) is 0 Å². The molecule has 3 aromatic heterocycles. The number of pyridine rings is 1. The topological polar surface area (TPSA) is 92.6 Å². The van der Waals surface area contributed by atoms with Crippen molar-refractivity contribution in [1.82, 2.24) is 34.8 Å². The molecular weight excluding hydrogens is 318 g/mol. The second-order valence-electron chi connectivity index (χ2n) is 6.61. The maximum absolute atomic E-state index is 13.4. The molecule has 8 heteroatoms. The molecule has 1 aliphatic rings. The highest BCUT2D eigenvalue weighted by Gasteiger charge is 2.32. The molecule has 1 fully saturated rings. The monoisotopic (exact) mass is 339 g/mol. The maximum Gasteiger partial charge on any atom is 0.255 e. The fraction of sp³-hybridized carbons (Fsp3) is 0.471. The number of carbonyl (C=O) groups is 1. The van der Waals surface area contributed by atoms with Gasteiger partial charge in [-0.2, -0.15) is 10.2 Å². The molecular formula is C17H21N7O. The number of H-pyrrole nitrogens is 1. The third kappa shape index (κ3) is 2.67. The third-order valence-electron chi connectivity index (χ3n) is 4.74. The molecule has 25 heavy (non-hydrogen) atoms. The van der Waals surface area contributed by atoms with Crippen LogP contribution in [0.15, 0.2) is 12.3 Å². The van der Waals surface area contributed by atoms with Crippen LogP contribution in [0.3, 0.4) is 0 Å². The minimum atomic E-state index is -0.0913. The van der Waals surface area contributed by atoms with Crippen LogP contribution in [-0.2, 0) is 7.05 Å². The number of aromatic amines is 1. The van der Waals surface area contributed by atoms with Gasteiger partial charge in [-0.25, -0.2) is 9.97 Å². The van der Waals surface area contributed by atoms with Crippen LogP contribution in [0.25, 0.3) is 11.0 Å². The van der Waals surface area contributed by atoms with Crippen LogP contribution >= 0.6 is 0 Å². The molecule has 0 radical (unpaired) electrons. The molecule has 0 spiro atoms. The lowest BCUT2D eigenvalue weighted by atomic mass is 9.99. The first-order valence-electron chi connectivity index (χ1n) is 8.54. The van der Waals surface area contributed by atoms with Gasteiger partial charge < -0.3 is 4.90 Å². The number of aryl methyl sites for hydroxylation is 3. The Balaban J connectivity index is 1.76. The molecule has 1 saturated heterocycles. The second-order valence-corrected chi connectivity index (χ2v) is 6.61. The maximum atomic E-state index is 13.4. The highest BCUT2D eigenvalue weighted by atomic mass is 16.2. The number of nitrogens with one attached hydrogen (secondary N) is 1. The number of likely N-dealkylation sites (tertiary alicyclic amines) is 1. The van der Waals surface area contributed by atoms with E-state index in [4.69, 9.17) is 0 Å². The van der Waals surface area contributed by atoms with E-state index in [1.54, 1.807) is 10.9 Å². The first-order valence-corrected chi connectivity index (χ1v) is 8.54. The Hall–Kier alpha value is -2.77. The van der Waals surface area contributed by atoms with Crippen LogP contribution < -0.4 is 0 Å². The molecule has 0 aliphatic carbocycles. The quantitative estimate of drug-likeness (QED) is 0.771. The van der Waals surface area contributed by atoms with Gasteiger partial charge in [0, 0.05) is 19.3 Å². The van der Waals surface area contributed by atoms with Gasteiger partial charge in [-0.1, -0.05) is 0 Å². The molecule has 1 amide bonds. The second kappa shape index (κ2) is 5.94. The fourth-order valence-corrected chi connectivity index (χ4v) is 3.52. The summed E-state index contributed by atoms with van der Waals surface area (Å²) in [5.74, 6) is 1.46. The summed E-state index contributed by atoms with van der Waals surface area (Å²) in [5.41, 5.74) is 2.18. The number of amides is 1. The van der Waals surface area contributed by atoms with Crippen molar-refractivity contribution in [2.75, 3.05) is 6.54 Å². The Morgan fingerprint density at radius 3 is 2.88 bits per heavy atom. The molecule has 3 aromatic rings. The molecule has 1 N–H and O–H groups in total. The highest BCUT2D eigenvalue weighted by Crippen LogP contribution is 2.31. The predicted molar refractivity (Wildman–Crippen MR) is 92.0 cm³/mol. The normalized spacial score (nSPS) is 18.0. The number of piperidine rings is 1. The minimum Gasteiger partial charge on any atom is -0.328 e. The van der Waals surface area contributed by atoms with Crippen molar-refractivity contribution in [2.24, 2.45) is 7.05 Å². The zero-order chi connectivity index (χ0) is 17.6. The van der Waals surface area contributed by atoms with Crippen LogP contribution in [0.4, 0.5) is 0 Å². The largest absolute Gasteiger partial charge is 0.328 e. The SMILES string of the molecule is Cc1cc(C(=O)N2CCCC[C@@H]2c2n[nH]c(C)n2)c2cnn(C)c2n1. The number of aromatic nitrogens is 6. The lowest BCUT2D eigenvalue weighted by molar-refractivity contribution is 0.0602. The molecule has 0 unspecified atom stereocenters. The van der Waals surface area contributed by atoms with E-state index >= 15 is 0 Å². The van der Waals surface area contributed by atoms with Gasteiger partial charge in [0.15, 0.2) is 11.5 Å². The molecule has 1 aliphatic heterocycles. The predicted octanol–water partition coefficient (Wildman–Crippen LogP) is 2.07. The number of hydrogen-bond acceptors (Lipinski definition) is 5. The lowest BCUT2D eigenvalue weighted by Crippen LogP contribution is -2.39. The molecule has 0 saturated carbocycles. The van der Waals surface area contributed by atoms with Crippen molar-refractivity contribution in [2.45, 2.75) is 39.2 Å². The number of nitrogens with zero attached hydrogens (tertiary/aromatic N) is 6. The van der Waals surface area contributed by atoms with Crippen LogP contribution in [0.5, 0.6) is 0 Å². The van der Waals surface area contributed by atoms with E-state index in [-0.39, 0.29) is 11.9 Å². The van der Waals surface area contributed by atoms with Crippen molar-refractivity contribution in [1.29, 1.82) is 0 Å². The van der Waals surface area contributed by atoms with Gasteiger partial charge in [0.05, 0.1) is 23.2 Å². The average Bonchev–Trinajstić information content (AvgIpc) is 3.20. The molecule has 4 rings (SSSR count). The summed E-state index contributed by atoms with van der Waals surface area (Å²) < 4.78 is 1.70. The van der Waals surface area contributed by atoms with E-state index in [9.17, 15) is 4.79 Å². The molecule has 8 nitrogen and oxygen atoms in total. The van der Waals surface area contributed by atoms with Gasteiger partial charge >= 0.3 is 0 Å². The highest BCUT2D eigenvalue weighted by molar-refractivity contribution is 6.05. The Kier molecular flexibility index (Phi) is 3.74. The van der Waals surface area contributed by atoms with Crippen LogP contribution in [0, 0.1) is 13.8 Å². The summed E-state index contributed by atoms with van der Waals surface area (Å²) in [7, 11) is 1.84. The Morgan fingerprint density at radius 1 is 1.28 bits per heavy atom. The molecule has 130 valence electrons. The van der Waals surface area contributed by atoms with Crippen LogP contribution in [0.2, 0.25) is 0 Å². The van der Waals surface area contributed by atoms with E-state index in [1.165, 1.54) is 0 Å².